The van der Waals surface area contributed by atoms with Crippen molar-refractivity contribution in [1.29, 1.82) is 0 Å². The zero-order valence-electron chi connectivity index (χ0n) is 9.84. The van der Waals surface area contributed by atoms with Crippen LogP contribution in [0, 0.1) is 0 Å². The Hall–Kier alpha value is -2.37. The normalized spacial score (nSPS) is 11.4. The molecule has 0 spiro atoms. The number of amides is 2. The summed E-state index contributed by atoms with van der Waals surface area (Å²) in [6, 6.07) is 7.45. The molecule has 0 aliphatic heterocycles. The van der Waals surface area contributed by atoms with Crippen molar-refractivity contribution >= 4 is 23.5 Å². The lowest BCUT2D eigenvalue weighted by Crippen LogP contribution is -2.42. The highest BCUT2D eigenvalue weighted by Gasteiger charge is 2.21. The molecule has 2 amide bonds. The number of benzene rings is 1. The van der Waals surface area contributed by atoms with Gasteiger partial charge in [-0.15, -0.1) is 0 Å². The van der Waals surface area contributed by atoms with E-state index in [-0.39, 0.29) is 6.42 Å². The van der Waals surface area contributed by atoms with Gasteiger partial charge in [0.25, 0.3) is 0 Å². The van der Waals surface area contributed by atoms with Gasteiger partial charge in [0.1, 0.15) is 6.04 Å². The Morgan fingerprint density at radius 1 is 1.22 bits per heavy atom. The van der Waals surface area contributed by atoms with Crippen molar-refractivity contribution in [1.82, 2.24) is 5.32 Å². The van der Waals surface area contributed by atoms with Crippen LogP contribution in [0.1, 0.15) is 13.3 Å². The number of rotatable bonds is 5. The molecule has 1 aromatic rings. The van der Waals surface area contributed by atoms with Gasteiger partial charge in [0.2, 0.25) is 11.8 Å². The molecular weight excluding hydrogens is 236 g/mol. The Bertz CT molecular complexity index is 445. The second kappa shape index (κ2) is 6.39. The van der Waals surface area contributed by atoms with E-state index < -0.39 is 23.8 Å². The van der Waals surface area contributed by atoms with E-state index in [0.717, 1.165) is 0 Å². The smallest absolute Gasteiger partial charge is 0.326 e. The van der Waals surface area contributed by atoms with Crippen LogP contribution < -0.4 is 10.6 Å². The van der Waals surface area contributed by atoms with E-state index in [1.807, 2.05) is 0 Å². The summed E-state index contributed by atoms with van der Waals surface area (Å²) in [4.78, 5) is 33.2. The van der Waals surface area contributed by atoms with E-state index in [1.54, 1.807) is 30.3 Å². The van der Waals surface area contributed by atoms with E-state index in [2.05, 4.69) is 10.6 Å². The quantitative estimate of drug-likeness (QED) is 0.713. The molecule has 0 fully saturated rings. The average Bonchev–Trinajstić information content (AvgIpc) is 2.28. The van der Waals surface area contributed by atoms with Gasteiger partial charge in [-0.3, -0.25) is 9.59 Å². The number of hydrogen-bond acceptors (Lipinski definition) is 3. The molecule has 0 heterocycles. The van der Waals surface area contributed by atoms with Gasteiger partial charge in [0.15, 0.2) is 0 Å². The van der Waals surface area contributed by atoms with Crippen molar-refractivity contribution < 1.29 is 19.5 Å². The fourth-order valence-corrected chi connectivity index (χ4v) is 1.36. The predicted octanol–water partition coefficient (Wildman–Crippen LogP) is 0.604. The topological polar surface area (TPSA) is 95.5 Å². The minimum absolute atomic E-state index is 0.316. The van der Waals surface area contributed by atoms with E-state index in [4.69, 9.17) is 5.11 Å². The zero-order chi connectivity index (χ0) is 13.5. The molecule has 6 nitrogen and oxygen atoms in total. The molecule has 96 valence electrons. The Kier molecular flexibility index (Phi) is 4.86. The minimum atomic E-state index is -1.24. The second-order valence-corrected chi connectivity index (χ2v) is 3.71. The Morgan fingerprint density at radius 3 is 2.33 bits per heavy atom. The van der Waals surface area contributed by atoms with Crippen molar-refractivity contribution in [2.45, 2.75) is 19.4 Å². The lowest BCUT2D eigenvalue weighted by atomic mass is 10.2. The number of anilines is 1. The third kappa shape index (κ3) is 4.65. The van der Waals surface area contributed by atoms with Crippen LogP contribution in [0.15, 0.2) is 30.3 Å². The first-order chi connectivity index (χ1) is 8.49. The molecule has 0 saturated heterocycles. The monoisotopic (exact) mass is 250 g/mol. The molecule has 0 aliphatic carbocycles. The summed E-state index contributed by atoms with van der Waals surface area (Å²) in [5.74, 6) is -2.20. The molecule has 1 atom stereocenters. The molecule has 6 heteroatoms. The molecular formula is C12H14N2O4. The van der Waals surface area contributed by atoms with Gasteiger partial charge in [-0.2, -0.15) is 0 Å². The highest BCUT2D eigenvalue weighted by atomic mass is 16.4. The lowest BCUT2D eigenvalue weighted by molar-refractivity contribution is -0.142. The lowest BCUT2D eigenvalue weighted by Gasteiger charge is -2.13. The van der Waals surface area contributed by atoms with Crippen LogP contribution in [0.25, 0.3) is 0 Å². The Balaban J connectivity index is 2.56. The number of carbonyl (C=O) groups excluding carboxylic acids is 2. The molecule has 0 radical (unpaired) electrons. The van der Waals surface area contributed by atoms with Crippen molar-refractivity contribution in [3.8, 4) is 0 Å². The van der Waals surface area contributed by atoms with E-state index in [0.29, 0.717) is 5.69 Å². The van der Waals surface area contributed by atoms with Crippen LogP contribution in [0.2, 0.25) is 0 Å². The SMILES string of the molecule is CC(=O)N[C@@H](CC(=O)Nc1ccccc1)C(=O)O. The van der Waals surface area contributed by atoms with Crippen LogP contribution >= 0.6 is 0 Å². The molecule has 3 N–H and O–H groups in total. The summed E-state index contributed by atoms with van der Waals surface area (Å²) < 4.78 is 0. The summed E-state index contributed by atoms with van der Waals surface area (Å²) in [5.41, 5.74) is 0.578. The van der Waals surface area contributed by atoms with Crippen LogP contribution in [0.5, 0.6) is 0 Å². The highest BCUT2D eigenvalue weighted by molar-refractivity contribution is 5.95. The molecule has 0 unspecified atom stereocenters. The van der Waals surface area contributed by atoms with Crippen molar-refractivity contribution in [3.63, 3.8) is 0 Å². The molecule has 1 aromatic carbocycles. The fourth-order valence-electron chi connectivity index (χ4n) is 1.36. The number of carboxylic acids is 1. The van der Waals surface area contributed by atoms with Gasteiger partial charge in [0.05, 0.1) is 6.42 Å². The first kappa shape index (κ1) is 13.7. The summed E-state index contributed by atoms with van der Waals surface area (Å²) in [7, 11) is 0. The number of carbonyl (C=O) groups is 3. The van der Waals surface area contributed by atoms with Crippen LogP contribution in [0.3, 0.4) is 0 Å². The van der Waals surface area contributed by atoms with Crippen LogP contribution in [0.4, 0.5) is 5.69 Å². The largest absolute Gasteiger partial charge is 0.480 e. The van der Waals surface area contributed by atoms with E-state index in [9.17, 15) is 14.4 Å². The van der Waals surface area contributed by atoms with Crippen molar-refractivity contribution in [2.75, 3.05) is 5.32 Å². The maximum absolute atomic E-state index is 11.6. The number of nitrogens with one attached hydrogen (secondary N) is 2. The maximum atomic E-state index is 11.6. The molecule has 1 rings (SSSR count). The average molecular weight is 250 g/mol. The van der Waals surface area contributed by atoms with Gasteiger partial charge in [-0.25, -0.2) is 4.79 Å². The fraction of sp³-hybridized carbons (Fsp3) is 0.250. The van der Waals surface area contributed by atoms with E-state index in [1.165, 1.54) is 6.92 Å². The summed E-state index contributed by atoms with van der Waals surface area (Å²) in [5, 5.41) is 13.6. The maximum Gasteiger partial charge on any atom is 0.326 e. The zero-order valence-corrected chi connectivity index (χ0v) is 9.84. The number of para-hydroxylation sites is 1. The number of aliphatic carboxylic acids is 1. The van der Waals surface area contributed by atoms with Gasteiger partial charge in [-0.05, 0) is 12.1 Å². The van der Waals surface area contributed by atoms with Gasteiger partial charge in [-0.1, -0.05) is 18.2 Å². The number of hydrogen-bond donors (Lipinski definition) is 3. The van der Waals surface area contributed by atoms with Gasteiger partial charge < -0.3 is 15.7 Å². The highest BCUT2D eigenvalue weighted by Crippen LogP contribution is 2.06. The Morgan fingerprint density at radius 2 is 1.83 bits per heavy atom. The number of carboxylic acid groups (broad SMARTS) is 1. The van der Waals surface area contributed by atoms with Crippen molar-refractivity contribution in [3.05, 3.63) is 30.3 Å². The summed E-state index contributed by atoms with van der Waals surface area (Å²) in [6.07, 6.45) is -0.316. The third-order valence-electron chi connectivity index (χ3n) is 2.12. The van der Waals surface area contributed by atoms with Gasteiger partial charge in [0, 0.05) is 12.6 Å². The van der Waals surface area contributed by atoms with Gasteiger partial charge >= 0.3 is 5.97 Å². The minimum Gasteiger partial charge on any atom is -0.480 e. The van der Waals surface area contributed by atoms with Crippen molar-refractivity contribution in [2.24, 2.45) is 0 Å². The standard InChI is InChI=1S/C12H14N2O4/c1-8(15)13-10(12(17)18)7-11(16)14-9-5-3-2-4-6-9/h2-6,10H,7H2,1H3,(H,13,15)(H,14,16)(H,17,18)/t10-/m0/s1. The van der Waals surface area contributed by atoms with Crippen LogP contribution in [-0.2, 0) is 14.4 Å². The summed E-state index contributed by atoms with van der Waals surface area (Å²) in [6.45, 7) is 1.20. The molecule has 0 saturated carbocycles. The molecule has 18 heavy (non-hydrogen) atoms. The molecule has 0 aliphatic rings. The first-order valence-electron chi connectivity index (χ1n) is 5.34. The first-order valence-corrected chi connectivity index (χ1v) is 5.34. The van der Waals surface area contributed by atoms with E-state index >= 15 is 0 Å². The molecule has 0 aromatic heterocycles. The van der Waals surface area contributed by atoms with Crippen LogP contribution in [-0.4, -0.2) is 28.9 Å². The Labute approximate surface area is 104 Å². The third-order valence-corrected chi connectivity index (χ3v) is 2.12. The second-order valence-electron chi connectivity index (χ2n) is 3.71. The predicted molar refractivity (Wildman–Crippen MR) is 64.9 cm³/mol. The summed E-state index contributed by atoms with van der Waals surface area (Å²) >= 11 is 0. The molecule has 0 bridgehead atoms.